The Labute approximate surface area is 173 Å². The van der Waals surface area contributed by atoms with Gasteiger partial charge in [0.15, 0.2) is 11.5 Å². The van der Waals surface area contributed by atoms with Crippen LogP contribution >= 0.6 is 11.6 Å². The molecule has 1 amide bonds. The SMILES string of the molecule is COc1ccc(/C=C2\C=C(c3ccc(Cl)cc3)N(c3ccco3)C2=O)cc1OC. The number of carbonyl (C=O) groups excluding carboxylic acids is 1. The maximum atomic E-state index is 13.2. The monoisotopic (exact) mass is 407 g/mol. The molecule has 0 spiro atoms. The number of hydrogen-bond donors (Lipinski definition) is 0. The topological polar surface area (TPSA) is 51.9 Å². The highest BCUT2D eigenvalue weighted by Crippen LogP contribution is 2.36. The van der Waals surface area contributed by atoms with Gasteiger partial charge in [0.2, 0.25) is 5.88 Å². The van der Waals surface area contributed by atoms with E-state index in [2.05, 4.69) is 0 Å². The van der Waals surface area contributed by atoms with Gasteiger partial charge in [-0.1, -0.05) is 29.8 Å². The fourth-order valence-corrected chi connectivity index (χ4v) is 3.31. The minimum absolute atomic E-state index is 0.181. The van der Waals surface area contributed by atoms with Gasteiger partial charge in [0.25, 0.3) is 5.91 Å². The fourth-order valence-electron chi connectivity index (χ4n) is 3.19. The van der Waals surface area contributed by atoms with E-state index in [1.165, 1.54) is 6.26 Å². The first-order valence-corrected chi connectivity index (χ1v) is 9.28. The number of rotatable bonds is 5. The van der Waals surface area contributed by atoms with Crippen LogP contribution in [-0.2, 0) is 4.79 Å². The van der Waals surface area contributed by atoms with Gasteiger partial charge in [0, 0.05) is 16.7 Å². The van der Waals surface area contributed by atoms with E-state index in [4.69, 9.17) is 25.5 Å². The molecule has 146 valence electrons. The molecule has 29 heavy (non-hydrogen) atoms. The van der Waals surface area contributed by atoms with Gasteiger partial charge < -0.3 is 13.9 Å². The van der Waals surface area contributed by atoms with Crippen LogP contribution in [0.4, 0.5) is 5.88 Å². The van der Waals surface area contributed by atoms with Gasteiger partial charge in [-0.05, 0) is 53.6 Å². The summed E-state index contributed by atoms with van der Waals surface area (Å²) in [5.41, 5.74) is 2.92. The number of nitrogens with zero attached hydrogens (tertiary/aromatic N) is 1. The molecule has 0 N–H and O–H groups in total. The van der Waals surface area contributed by atoms with Crippen molar-refractivity contribution in [2.75, 3.05) is 19.1 Å². The molecule has 1 aliphatic rings. The van der Waals surface area contributed by atoms with E-state index in [1.807, 2.05) is 36.4 Å². The fraction of sp³-hybridized carbons (Fsp3) is 0.0870. The van der Waals surface area contributed by atoms with Crippen molar-refractivity contribution >= 4 is 35.2 Å². The maximum Gasteiger partial charge on any atom is 0.265 e. The Morgan fingerprint density at radius 3 is 2.41 bits per heavy atom. The van der Waals surface area contributed by atoms with E-state index in [1.54, 1.807) is 49.5 Å². The zero-order chi connectivity index (χ0) is 20.4. The lowest BCUT2D eigenvalue weighted by Gasteiger charge is -2.17. The summed E-state index contributed by atoms with van der Waals surface area (Å²) in [7, 11) is 3.16. The van der Waals surface area contributed by atoms with Crippen LogP contribution in [0.3, 0.4) is 0 Å². The van der Waals surface area contributed by atoms with Gasteiger partial charge in [-0.25, -0.2) is 4.90 Å². The smallest absolute Gasteiger partial charge is 0.265 e. The second kappa shape index (κ2) is 7.89. The summed E-state index contributed by atoms with van der Waals surface area (Å²) in [5, 5.41) is 0.629. The quantitative estimate of drug-likeness (QED) is 0.530. The van der Waals surface area contributed by atoms with Crippen molar-refractivity contribution in [3.05, 3.63) is 88.7 Å². The Kier molecular flexibility index (Phi) is 5.14. The number of benzene rings is 2. The first-order valence-electron chi connectivity index (χ1n) is 8.90. The minimum atomic E-state index is -0.181. The lowest BCUT2D eigenvalue weighted by atomic mass is 10.1. The largest absolute Gasteiger partial charge is 0.493 e. The molecular weight excluding hydrogens is 390 g/mol. The van der Waals surface area contributed by atoms with Crippen LogP contribution in [0.1, 0.15) is 11.1 Å². The highest BCUT2D eigenvalue weighted by molar-refractivity contribution is 6.30. The van der Waals surface area contributed by atoms with E-state index in [9.17, 15) is 4.79 Å². The van der Waals surface area contributed by atoms with E-state index in [-0.39, 0.29) is 5.91 Å². The van der Waals surface area contributed by atoms with Gasteiger partial charge in [-0.3, -0.25) is 4.79 Å². The molecule has 0 saturated carbocycles. The lowest BCUT2D eigenvalue weighted by Crippen LogP contribution is -2.24. The Balaban J connectivity index is 1.78. The summed E-state index contributed by atoms with van der Waals surface area (Å²) in [5.74, 6) is 1.49. The number of methoxy groups -OCH3 is 2. The third-order valence-electron chi connectivity index (χ3n) is 4.58. The molecule has 0 saturated heterocycles. The van der Waals surface area contributed by atoms with Crippen molar-refractivity contribution in [1.82, 2.24) is 0 Å². The second-order valence-corrected chi connectivity index (χ2v) is 6.78. The Hall–Kier alpha value is -3.44. The molecule has 0 bridgehead atoms. The zero-order valence-corrected chi connectivity index (χ0v) is 16.6. The number of hydrogen-bond acceptors (Lipinski definition) is 4. The molecular formula is C23H18ClNO4. The summed E-state index contributed by atoms with van der Waals surface area (Å²) in [4.78, 5) is 14.8. The number of ether oxygens (including phenoxy) is 2. The van der Waals surface area contributed by atoms with Gasteiger partial charge in [0.05, 0.1) is 26.2 Å². The van der Waals surface area contributed by atoms with Crippen LogP contribution in [0, 0.1) is 0 Å². The van der Waals surface area contributed by atoms with E-state index in [0.717, 1.165) is 11.1 Å². The number of halogens is 1. The first-order chi connectivity index (χ1) is 14.1. The second-order valence-electron chi connectivity index (χ2n) is 6.34. The highest BCUT2D eigenvalue weighted by Gasteiger charge is 2.32. The normalized spacial score (nSPS) is 15.0. The van der Waals surface area contributed by atoms with Crippen LogP contribution in [0.2, 0.25) is 5.02 Å². The van der Waals surface area contributed by atoms with Crippen LogP contribution in [0.25, 0.3) is 11.8 Å². The van der Waals surface area contributed by atoms with Crippen molar-refractivity contribution < 1.29 is 18.7 Å². The molecule has 0 radical (unpaired) electrons. The first kappa shape index (κ1) is 18.9. The van der Waals surface area contributed by atoms with Crippen molar-refractivity contribution in [3.8, 4) is 11.5 Å². The molecule has 0 aliphatic carbocycles. The lowest BCUT2D eigenvalue weighted by molar-refractivity contribution is -0.113. The van der Waals surface area contributed by atoms with Crippen molar-refractivity contribution in [3.63, 3.8) is 0 Å². The molecule has 0 unspecified atom stereocenters. The van der Waals surface area contributed by atoms with Gasteiger partial charge in [0.1, 0.15) is 0 Å². The van der Waals surface area contributed by atoms with E-state index in [0.29, 0.717) is 33.7 Å². The number of furan rings is 1. The predicted molar refractivity (Wildman–Crippen MR) is 113 cm³/mol. The zero-order valence-electron chi connectivity index (χ0n) is 15.9. The molecule has 2 aromatic carbocycles. The summed E-state index contributed by atoms with van der Waals surface area (Å²) >= 11 is 6.02. The third-order valence-corrected chi connectivity index (χ3v) is 4.83. The predicted octanol–water partition coefficient (Wildman–Crippen LogP) is 5.42. The minimum Gasteiger partial charge on any atom is -0.493 e. The molecule has 0 fully saturated rings. The van der Waals surface area contributed by atoms with E-state index < -0.39 is 0 Å². The molecule has 2 heterocycles. The molecule has 3 aromatic rings. The van der Waals surface area contributed by atoms with Crippen LogP contribution in [0.5, 0.6) is 11.5 Å². The Morgan fingerprint density at radius 1 is 1.00 bits per heavy atom. The summed E-state index contributed by atoms with van der Waals surface area (Å²) in [6.45, 7) is 0. The molecule has 6 heteroatoms. The molecule has 4 rings (SSSR count). The summed E-state index contributed by atoms with van der Waals surface area (Å²) in [6.07, 6.45) is 5.19. The molecule has 1 aromatic heterocycles. The summed E-state index contributed by atoms with van der Waals surface area (Å²) < 4.78 is 16.1. The average Bonchev–Trinajstić information content (AvgIpc) is 3.37. The van der Waals surface area contributed by atoms with Crippen molar-refractivity contribution in [2.45, 2.75) is 0 Å². The Bertz CT molecular complexity index is 1100. The van der Waals surface area contributed by atoms with Crippen LogP contribution in [-0.4, -0.2) is 20.1 Å². The maximum absolute atomic E-state index is 13.2. The van der Waals surface area contributed by atoms with Gasteiger partial charge >= 0.3 is 0 Å². The third kappa shape index (κ3) is 3.65. The number of carbonyl (C=O) groups is 1. The molecule has 0 atom stereocenters. The van der Waals surface area contributed by atoms with Crippen molar-refractivity contribution in [1.29, 1.82) is 0 Å². The number of amides is 1. The summed E-state index contributed by atoms with van der Waals surface area (Å²) in [6, 6.07) is 16.3. The highest BCUT2D eigenvalue weighted by atomic mass is 35.5. The Morgan fingerprint density at radius 2 is 1.76 bits per heavy atom. The van der Waals surface area contributed by atoms with Crippen LogP contribution < -0.4 is 14.4 Å². The molecule has 5 nitrogen and oxygen atoms in total. The standard InChI is InChI=1S/C23H18ClNO4/c1-27-20-10-5-15(13-21(20)28-2)12-17-14-19(16-6-8-18(24)9-7-16)25(23(17)26)22-4-3-11-29-22/h3-14H,1-2H3/b17-12+. The average molecular weight is 408 g/mol. The van der Waals surface area contributed by atoms with E-state index >= 15 is 0 Å². The number of anilines is 1. The molecule has 1 aliphatic heterocycles. The van der Waals surface area contributed by atoms with Gasteiger partial charge in [-0.2, -0.15) is 0 Å². The van der Waals surface area contributed by atoms with Crippen LogP contribution in [0.15, 0.2) is 76.9 Å². The van der Waals surface area contributed by atoms with Gasteiger partial charge in [-0.15, -0.1) is 0 Å². The van der Waals surface area contributed by atoms with Crippen molar-refractivity contribution in [2.24, 2.45) is 0 Å².